The van der Waals surface area contributed by atoms with Crippen molar-refractivity contribution in [1.29, 1.82) is 0 Å². The summed E-state index contributed by atoms with van der Waals surface area (Å²) in [6.45, 7) is 8.39. The number of hydrogen-bond acceptors (Lipinski definition) is 8. The van der Waals surface area contributed by atoms with E-state index in [1.807, 2.05) is 85.8 Å². The molecule has 6 rings (SSSR count). The van der Waals surface area contributed by atoms with Gasteiger partial charge in [0.05, 0.1) is 41.8 Å². The molecule has 0 atom stereocenters. The number of carbonyl (C=O) groups is 1. The van der Waals surface area contributed by atoms with Crippen molar-refractivity contribution >= 4 is 39.9 Å². The third kappa shape index (κ3) is 7.37. The van der Waals surface area contributed by atoms with Crippen LogP contribution in [0.4, 0.5) is 27.9 Å². The number of nitrogens with zero attached hydrogens (tertiary/aromatic N) is 5. The molecule has 0 radical (unpaired) electrons. The highest BCUT2D eigenvalue weighted by Crippen LogP contribution is 2.33. The monoisotopic (exact) mass is 628 g/mol. The Labute approximate surface area is 272 Å². The minimum atomic E-state index is -0.386. The van der Waals surface area contributed by atoms with Gasteiger partial charge in [0.1, 0.15) is 29.8 Å². The smallest absolute Gasteiger partial charge is 0.324 e. The zero-order valence-electron chi connectivity index (χ0n) is 26.7. The molecule has 3 aromatic heterocycles. The predicted octanol–water partition coefficient (Wildman–Crippen LogP) is 7.28. The van der Waals surface area contributed by atoms with Gasteiger partial charge in [-0.15, -0.1) is 0 Å². The number of pyridine rings is 1. The van der Waals surface area contributed by atoms with E-state index < -0.39 is 0 Å². The van der Waals surface area contributed by atoms with E-state index in [4.69, 9.17) is 9.84 Å². The number of rotatable bonds is 9. The van der Waals surface area contributed by atoms with Crippen molar-refractivity contribution in [3.8, 4) is 11.4 Å². The van der Waals surface area contributed by atoms with Crippen molar-refractivity contribution in [2.75, 3.05) is 16.0 Å². The molecule has 0 spiro atoms. The Hall–Kier alpha value is -5.81. The van der Waals surface area contributed by atoms with E-state index in [2.05, 4.69) is 51.7 Å². The first-order valence-electron chi connectivity index (χ1n) is 15.2. The largest absolute Gasteiger partial charge is 0.488 e. The topological polar surface area (TPSA) is 139 Å². The molecule has 0 saturated carbocycles. The van der Waals surface area contributed by atoms with Crippen LogP contribution >= 0.6 is 0 Å². The van der Waals surface area contributed by atoms with Gasteiger partial charge < -0.3 is 20.5 Å². The summed E-state index contributed by atoms with van der Waals surface area (Å²) in [6.07, 6.45) is 4.75. The van der Waals surface area contributed by atoms with Gasteiger partial charge >= 0.3 is 6.03 Å². The molecule has 2 amide bonds. The maximum absolute atomic E-state index is 13.4. The molecule has 0 aliphatic rings. The van der Waals surface area contributed by atoms with E-state index in [1.165, 1.54) is 6.20 Å². The molecular weight excluding hydrogens is 592 g/mol. The summed E-state index contributed by atoms with van der Waals surface area (Å²) >= 11 is 0. The van der Waals surface area contributed by atoms with Crippen LogP contribution in [0.25, 0.3) is 16.5 Å². The number of aliphatic hydroxyl groups is 1. The summed E-state index contributed by atoms with van der Waals surface area (Å²) in [5, 5.41) is 25.0. The number of carbonyl (C=O) groups excluding carboxylic acids is 1. The summed E-state index contributed by atoms with van der Waals surface area (Å²) in [4.78, 5) is 26.1. The van der Waals surface area contributed by atoms with Crippen LogP contribution in [0.15, 0.2) is 97.5 Å². The fourth-order valence-corrected chi connectivity index (χ4v) is 4.96. The molecular formula is C36H36N8O3. The minimum absolute atomic E-state index is 0.200. The summed E-state index contributed by atoms with van der Waals surface area (Å²) < 4.78 is 8.01. The molecule has 238 valence electrons. The number of nitrogens with one attached hydrogen (secondary N) is 3. The molecule has 0 aliphatic carbocycles. The van der Waals surface area contributed by atoms with Gasteiger partial charge in [-0.05, 0) is 48.9 Å². The van der Waals surface area contributed by atoms with Gasteiger partial charge in [0.15, 0.2) is 0 Å². The van der Waals surface area contributed by atoms with Crippen LogP contribution in [0.2, 0.25) is 0 Å². The molecule has 0 unspecified atom stereocenters. The van der Waals surface area contributed by atoms with Crippen LogP contribution in [0.3, 0.4) is 0 Å². The lowest BCUT2D eigenvalue weighted by Gasteiger charge is -2.15. The van der Waals surface area contributed by atoms with E-state index in [-0.39, 0.29) is 24.7 Å². The lowest BCUT2D eigenvalue weighted by molar-refractivity contribution is 0.262. The van der Waals surface area contributed by atoms with Gasteiger partial charge in [-0.3, -0.25) is 10.3 Å². The van der Waals surface area contributed by atoms with Crippen LogP contribution < -0.4 is 20.7 Å². The first-order valence-corrected chi connectivity index (χ1v) is 15.2. The number of fused-ring (bicyclic) bond motifs is 1. The molecule has 3 aromatic carbocycles. The van der Waals surface area contributed by atoms with Gasteiger partial charge in [-0.25, -0.2) is 19.4 Å². The van der Waals surface area contributed by atoms with Crippen LogP contribution in [-0.2, 0) is 18.6 Å². The van der Waals surface area contributed by atoms with E-state index in [0.717, 1.165) is 33.3 Å². The Morgan fingerprint density at radius 2 is 1.70 bits per heavy atom. The second-order valence-electron chi connectivity index (χ2n) is 12.2. The second kappa shape index (κ2) is 13.3. The average Bonchev–Trinajstić information content (AvgIpc) is 3.49. The highest BCUT2D eigenvalue weighted by atomic mass is 16.5. The molecule has 0 fully saturated rings. The van der Waals surface area contributed by atoms with E-state index in [9.17, 15) is 9.90 Å². The van der Waals surface area contributed by atoms with E-state index >= 15 is 0 Å². The number of aliphatic hydroxyl groups excluding tert-OH is 1. The molecule has 47 heavy (non-hydrogen) atoms. The van der Waals surface area contributed by atoms with Gasteiger partial charge in [0.2, 0.25) is 0 Å². The molecule has 11 nitrogen and oxygen atoms in total. The quantitative estimate of drug-likeness (QED) is 0.131. The van der Waals surface area contributed by atoms with Crippen molar-refractivity contribution in [1.82, 2.24) is 24.7 Å². The first kappa shape index (κ1) is 31.2. The van der Waals surface area contributed by atoms with Crippen LogP contribution in [0, 0.1) is 6.92 Å². The lowest BCUT2D eigenvalue weighted by atomic mass is 9.92. The Kier molecular flexibility index (Phi) is 8.81. The Balaban J connectivity index is 1.18. The van der Waals surface area contributed by atoms with Gasteiger partial charge in [0.25, 0.3) is 0 Å². The molecule has 0 saturated heterocycles. The van der Waals surface area contributed by atoms with E-state index in [0.29, 0.717) is 34.6 Å². The molecule has 3 heterocycles. The number of aromatic nitrogens is 5. The normalized spacial score (nSPS) is 11.3. The third-order valence-corrected chi connectivity index (χ3v) is 7.45. The number of urea groups is 1. The van der Waals surface area contributed by atoms with Gasteiger partial charge in [-0.2, -0.15) is 5.10 Å². The van der Waals surface area contributed by atoms with Crippen LogP contribution in [0.5, 0.6) is 5.75 Å². The maximum atomic E-state index is 13.4. The number of anilines is 4. The zero-order valence-corrected chi connectivity index (χ0v) is 26.7. The van der Waals surface area contributed by atoms with Crippen molar-refractivity contribution < 1.29 is 14.6 Å². The number of amides is 2. The number of ether oxygens (including phenoxy) is 1. The molecule has 11 heteroatoms. The van der Waals surface area contributed by atoms with E-state index in [1.54, 1.807) is 17.1 Å². The molecule has 4 N–H and O–H groups in total. The fourth-order valence-electron chi connectivity index (χ4n) is 4.96. The number of aryl methyl sites for hydroxylation is 1. The average molecular weight is 629 g/mol. The van der Waals surface area contributed by atoms with Crippen LogP contribution in [0.1, 0.15) is 43.3 Å². The molecule has 6 aromatic rings. The minimum Gasteiger partial charge on any atom is -0.488 e. The second-order valence-corrected chi connectivity index (χ2v) is 12.2. The number of hydrogen-bond donors (Lipinski definition) is 4. The highest BCUT2D eigenvalue weighted by Gasteiger charge is 2.22. The van der Waals surface area contributed by atoms with Gasteiger partial charge in [0, 0.05) is 28.5 Å². The zero-order chi connectivity index (χ0) is 33.0. The molecule has 0 bridgehead atoms. The summed E-state index contributed by atoms with van der Waals surface area (Å²) in [5.74, 6) is 2.30. The van der Waals surface area contributed by atoms with Gasteiger partial charge in [-0.1, -0.05) is 62.7 Å². The Morgan fingerprint density at radius 3 is 2.47 bits per heavy atom. The summed E-state index contributed by atoms with van der Waals surface area (Å²) in [7, 11) is 0. The summed E-state index contributed by atoms with van der Waals surface area (Å²) in [6, 6.07) is 24.7. The Morgan fingerprint density at radius 1 is 0.915 bits per heavy atom. The SMILES string of the molecule is Cc1ccc(-n2nc(C(C)(C)C)cc2NC(=O)Nc2ccc(OCc3ccnc(Nc4cncc(CO)n4)c3)c3ccccc23)cc1. The molecule has 0 aliphatic heterocycles. The van der Waals surface area contributed by atoms with Crippen molar-refractivity contribution in [3.05, 3.63) is 120 Å². The predicted molar refractivity (Wildman–Crippen MR) is 183 cm³/mol. The van der Waals surface area contributed by atoms with Crippen molar-refractivity contribution in [3.63, 3.8) is 0 Å². The van der Waals surface area contributed by atoms with Crippen molar-refractivity contribution in [2.24, 2.45) is 0 Å². The fraction of sp³-hybridized carbons (Fsp3) is 0.194. The summed E-state index contributed by atoms with van der Waals surface area (Å²) in [5.41, 5.74) is 4.65. The Bertz CT molecular complexity index is 2030. The number of benzene rings is 3. The highest BCUT2D eigenvalue weighted by molar-refractivity contribution is 6.07. The first-order chi connectivity index (χ1) is 22.7. The van der Waals surface area contributed by atoms with Crippen LogP contribution in [-0.4, -0.2) is 35.9 Å². The lowest BCUT2D eigenvalue weighted by Crippen LogP contribution is -2.21. The maximum Gasteiger partial charge on any atom is 0.324 e. The third-order valence-electron chi connectivity index (χ3n) is 7.45. The van der Waals surface area contributed by atoms with Crippen molar-refractivity contribution in [2.45, 2.75) is 46.3 Å². The standard InChI is InChI=1S/C36H36N8O3/c1-23-9-11-26(12-10-23)44-34(18-31(43-44)36(2,3)4)42-35(46)40-29-13-14-30(28-8-6-5-7-27(28)29)47-22-24-15-16-38-32(17-24)41-33-20-37-19-25(21-45)39-33/h5-20,45H,21-22H2,1-4H3,(H,38,39,41)(H2,40,42,46).